The van der Waals surface area contributed by atoms with E-state index in [1.54, 1.807) is 0 Å². The van der Waals surface area contributed by atoms with Gasteiger partial charge in [-0.15, -0.1) is 0 Å². The zero-order valence-corrected chi connectivity index (χ0v) is 7.32. The molecule has 1 aliphatic heterocycles. The van der Waals surface area contributed by atoms with Gasteiger partial charge in [0.25, 0.3) is 5.91 Å². The molecule has 1 aliphatic rings. The molecule has 1 saturated heterocycles. The first-order chi connectivity index (χ1) is 6.12. The maximum atomic E-state index is 11.0. The number of nitrogens with one attached hydrogen (secondary N) is 1. The molecule has 2 atom stereocenters. The Bertz CT molecular complexity index is 332. The molecule has 0 spiro atoms. The van der Waals surface area contributed by atoms with E-state index in [1.807, 2.05) is 30.3 Å². The van der Waals surface area contributed by atoms with Crippen LogP contribution in [0, 0.1) is 0 Å². The van der Waals surface area contributed by atoms with Crippen molar-refractivity contribution in [2.24, 2.45) is 0 Å². The highest BCUT2D eigenvalue weighted by Crippen LogP contribution is 2.33. The molecule has 0 aromatic heterocycles. The molecule has 0 aliphatic carbocycles. The fourth-order valence-electron chi connectivity index (χ4n) is 1.52. The average Bonchev–Trinajstić information content (AvgIpc) is 2.15. The normalized spacial score (nSPS) is 32.2. The van der Waals surface area contributed by atoms with E-state index in [0.717, 1.165) is 5.56 Å². The third-order valence-electron chi connectivity index (χ3n) is 2.43. The molecule has 1 amide bonds. The van der Waals surface area contributed by atoms with Gasteiger partial charge in [-0.25, -0.2) is 0 Å². The summed E-state index contributed by atoms with van der Waals surface area (Å²) in [5.74, 6) is -0.304. The molecule has 0 unspecified atom stereocenters. The van der Waals surface area contributed by atoms with Crippen molar-refractivity contribution >= 4 is 5.91 Å². The maximum Gasteiger partial charge on any atom is 0.254 e. The van der Waals surface area contributed by atoms with Crippen molar-refractivity contribution in [2.45, 2.75) is 18.6 Å². The van der Waals surface area contributed by atoms with Crippen molar-refractivity contribution < 1.29 is 9.90 Å². The predicted molar refractivity (Wildman–Crippen MR) is 47.9 cm³/mol. The Kier molecular flexibility index (Phi) is 1.63. The summed E-state index contributed by atoms with van der Waals surface area (Å²) in [7, 11) is 0. The van der Waals surface area contributed by atoms with E-state index in [4.69, 9.17) is 0 Å². The molecular weight excluding hydrogens is 166 g/mol. The minimum absolute atomic E-state index is 0.263. The zero-order valence-electron chi connectivity index (χ0n) is 7.32. The second kappa shape index (κ2) is 2.57. The van der Waals surface area contributed by atoms with Crippen LogP contribution in [-0.4, -0.2) is 16.6 Å². The van der Waals surface area contributed by atoms with Gasteiger partial charge in [0.05, 0.1) is 6.04 Å². The summed E-state index contributed by atoms with van der Waals surface area (Å²) in [5.41, 5.74) is -0.312. The Balaban J connectivity index is 2.27. The standard InChI is InChI=1S/C10H11NO2/c1-10(13)8(11-9(10)12)7-5-3-2-4-6-7/h2-6,8,13H,1H3,(H,11,12)/t8-,10-/m1/s1. The number of amides is 1. The van der Waals surface area contributed by atoms with Crippen LogP contribution in [0.15, 0.2) is 30.3 Å². The molecule has 3 nitrogen and oxygen atoms in total. The molecule has 0 bridgehead atoms. The lowest BCUT2D eigenvalue weighted by Gasteiger charge is -2.42. The number of benzene rings is 1. The molecule has 2 N–H and O–H groups in total. The summed E-state index contributed by atoms with van der Waals surface area (Å²) in [6.07, 6.45) is 0. The minimum atomic E-state index is -1.25. The second-order valence-electron chi connectivity index (χ2n) is 3.46. The van der Waals surface area contributed by atoms with Gasteiger partial charge in [-0.05, 0) is 12.5 Å². The molecule has 0 saturated carbocycles. The topological polar surface area (TPSA) is 49.3 Å². The van der Waals surface area contributed by atoms with Crippen LogP contribution in [0.4, 0.5) is 0 Å². The smallest absolute Gasteiger partial charge is 0.254 e. The number of aliphatic hydroxyl groups is 1. The van der Waals surface area contributed by atoms with Crippen LogP contribution < -0.4 is 5.32 Å². The Morgan fingerprint density at radius 3 is 2.46 bits per heavy atom. The molecule has 13 heavy (non-hydrogen) atoms. The van der Waals surface area contributed by atoms with Crippen molar-refractivity contribution in [3.63, 3.8) is 0 Å². The third kappa shape index (κ3) is 1.12. The van der Waals surface area contributed by atoms with Crippen LogP contribution >= 0.6 is 0 Å². The van der Waals surface area contributed by atoms with Gasteiger partial charge in [0.15, 0.2) is 5.60 Å². The Hall–Kier alpha value is -1.35. The first-order valence-electron chi connectivity index (χ1n) is 4.20. The molecule has 0 radical (unpaired) electrons. The molecule has 1 heterocycles. The molecule has 1 aromatic rings. The number of hydrogen-bond acceptors (Lipinski definition) is 2. The molecule has 68 valence electrons. The number of rotatable bonds is 1. The SMILES string of the molecule is C[C@]1(O)C(=O)N[C@@H]1c1ccccc1. The third-order valence-corrected chi connectivity index (χ3v) is 2.43. The highest BCUT2D eigenvalue weighted by atomic mass is 16.3. The quantitative estimate of drug-likeness (QED) is 0.617. The van der Waals surface area contributed by atoms with Gasteiger partial charge in [0.2, 0.25) is 0 Å². The van der Waals surface area contributed by atoms with Crippen LogP contribution in [0.3, 0.4) is 0 Å². The van der Waals surface area contributed by atoms with Gasteiger partial charge in [0, 0.05) is 0 Å². The van der Waals surface area contributed by atoms with Crippen molar-refractivity contribution in [3.8, 4) is 0 Å². The molecule has 2 rings (SSSR count). The fraction of sp³-hybridized carbons (Fsp3) is 0.300. The van der Waals surface area contributed by atoms with Crippen molar-refractivity contribution in [1.29, 1.82) is 0 Å². The lowest BCUT2D eigenvalue weighted by atomic mass is 9.82. The summed E-state index contributed by atoms with van der Waals surface area (Å²) in [6.45, 7) is 1.53. The average molecular weight is 177 g/mol. The van der Waals surface area contributed by atoms with Crippen molar-refractivity contribution in [3.05, 3.63) is 35.9 Å². The summed E-state index contributed by atoms with van der Waals surface area (Å²) in [5, 5.41) is 12.3. The van der Waals surface area contributed by atoms with Gasteiger partial charge in [-0.1, -0.05) is 30.3 Å². The summed E-state index contributed by atoms with van der Waals surface area (Å²) in [4.78, 5) is 11.0. The van der Waals surface area contributed by atoms with E-state index >= 15 is 0 Å². The van der Waals surface area contributed by atoms with E-state index in [2.05, 4.69) is 5.32 Å². The van der Waals surface area contributed by atoms with Crippen molar-refractivity contribution in [1.82, 2.24) is 5.32 Å². The van der Waals surface area contributed by atoms with Gasteiger partial charge < -0.3 is 10.4 Å². The van der Waals surface area contributed by atoms with Crippen molar-refractivity contribution in [2.75, 3.05) is 0 Å². The van der Waals surface area contributed by atoms with Crippen LogP contribution in [0.5, 0.6) is 0 Å². The van der Waals surface area contributed by atoms with E-state index in [1.165, 1.54) is 6.92 Å². The number of hydrogen-bond donors (Lipinski definition) is 2. The lowest BCUT2D eigenvalue weighted by Crippen LogP contribution is -2.64. The van der Waals surface area contributed by atoms with Gasteiger partial charge in [0.1, 0.15) is 0 Å². The first kappa shape index (κ1) is 8.26. The van der Waals surface area contributed by atoms with E-state index in [-0.39, 0.29) is 11.9 Å². The Labute approximate surface area is 76.4 Å². The summed E-state index contributed by atoms with van der Waals surface area (Å²) >= 11 is 0. The molecule has 1 aromatic carbocycles. The van der Waals surface area contributed by atoms with E-state index in [9.17, 15) is 9.90 Å². The lowest BCUT2D eigenvalue weighted by molar-refractivity contribution is -0.158. The highest BCUT2D eigenvalue weighted by molar-refractivity contribution is 5.92. The monoisotopic (exact) mass is 177 g/mol. The Morgan fingerprint density at radius 2 is 2.00 bits per heavy atom. The highest BCUT2D eigenvalue weighted by Gasteiger charge is 2.50. The fourth-order valence-corrected chi connectivity index (χ4v) is 1.52. The molecule has 3 heteroatoms. The Morgan fingerprint density at radius 1 is 1.38 bits per heavy atom. The second-order valence-corrected chi connectivity index (χ2v) is 3.46. The minimum Gasteiger partial charge on any atom is -0.378 e. The number of β-lactam (4-membered cyclic amide) rings is 1. The van der Waals surface area contributed by atoms with Crippen LogP contribution in [0.1, 0.15) is 18.5 Å². The summed E-state index contributed by atoms with van der Waals surface area (Å²) in [6, 6.07) is 9.18. The zero-order chi connectivity index (χ0) is 9.47. The van der Waals surface area contributed by atoms with Crippen LogP contribution in [-0.2, 0) is 4.79 Å². The van der Waals surface area contributed by atoms with Gasteiger partial charge in [-0.2, -0.15) is 0 Å². The van der Waals surface area contributed by atoms with Gasteiger partial charge in [-0.3, -0.25) is 4.79 Å². The van der Waals surface area contributed by atoms with Gasteiger partial charge >= 0.3 is 0 Å². The molecular formula is C10H11NO2. The summed E-state index contributed by atoms with van der Waals surface area (Å²) < 4.78 is 0. The number of carbonyl (C=O) groups is 1. The number of carbonyl (C=O) groups excluding carboxylic acids is 1. The largest absolute Gasteiger partial charge is 0.378 e. The predicted octanol–water partition coefficient (Wildman–Crippen LogP) is 0.608. The van der Waals surface area contributed by atoms with E-state index < -0.39 is 5.60 Å². The molecule has 1 fully saturated rings. The first-order valence-corrected chi connectivity index (χ1v) is 4.20. The maximum absolute atomic E-state index is 11.0. The van der Waals surface area contributed by atoms with Crippen LogP contribution in [0.2, 0.25) is 0 Å². The van der Waals surface area contributed by atoms with E-state index in [0.29, 0.717) is 0 Å². The van der Waals surface area contributed by atoms with Crippen LogP contribution in [0.25, 0.3) is 0 Å².